The van der Waals surface area contributed by atoms with Gasteiger partial charge < -0.3 is 4.90 Å². The van der Waals surface area contributed by atoms with Crippen molar-refractivity contribution in [3.63, 3.8) is 0 Å². The number of rotatable bonds is 5. The number of fused-ring (bicyclic) bond motifs is 2. The van der Waals surface area contributed by atoms with E-state index < -0.39 is 0 Å². The molecule has 1 N–H and O–H groups in total. The first-order valence-corrected chi connectivity index (χ1v) is 9.34. The molecule has 4 nitrogen and oxygen atoms in total. The molecular formula is C19H19N3OS. The number of nitrogens with one attached hydrogen (secondary N) is 1. The first-order valence-electron chi connectivity index (χ1n) is 8.11. The molecule has 2 heterocycles. The monoisotopic (exact) mass is 337 g/mol. The molecule has 3 aromatic rings. The molecule has 1 aromatic heterocycles. The van der Waals surface area contributed by atoms with Crippen molar-refractivity contribution >= 4 is 45.3 Å². The zero-order valence-corrected chi connectivity index (χ0v) is 14.6. The summed E-state index contributed by atoms with van der Waals surface area (Å²) in [6.45, 7) is 3.65. The number of anilines is 1. The van der Waals surface area contributed by atoms with Gasteiger partial charge in [0.15, 0.2) is 0 Å². The maximum absolute atomic E-state index is 13.1. The van der Waals surface area contributed by atoms with Crippen LogP contribution in [-0.2, 0) is 0 Å². The molecule has 24 heavy (non-hydrogen) atoms. The van der Waals surface area contributed by atoms with Gasteiger partial charge in [0.05, 0.1) is 22.3 Å². The molecule has 0 saturated heterocycles. The highest BCUT2D eigenvalue weighted by molar-refractivity contribution is 7.96. The summed E-state index contributed by atoms with van der Waals surface area (Å²) in [7, 11) is 0. The summed E-state index contributed by atoms with van der Waals surface area (Å²) in [6, 6.07) is 12.1. The third kappa shape index (κ3) is 2.36. The molecule has 0 atom stereocenters. The van der Waals surface area contributed by atoms with E-state index in [1.165, 1.54) is 0 Å². The van der Waals surface area contributed by atoms with Crippen LogP contribution in [-0.4, -0.2) is 30.2 Å². The molecule has 5 heteroatoms. The predicted octanol–water partition coefficient (Wildman–Crippen LogP) is 3.91. The lowest BCUT2D eigenvalue weighted by Crippen LogP contribution is -2.29. The van der Waals surface area contributed by atoms with Gasteiger partial charge in [-0.3, -0.25) is 9.52 Å². The lowest BCUT2D eigenvalue weighted by molar-refractivity contribution is 0.0994. The smallest absolute Gasteiger partial charge is 0.259 e. The molecule has 0 bridgehead atoms. The number of hydrogen-bond donors (Lipinski definition) is 1. The predicted molar refractivity (Wildman–Crippen MR) is 102 cm³/mol. The Morgan fingerprint density at radius 1 is 1.21 bits per heavy atom. The number of pyridine rings is 1. The van der Waals surface area contributed by atoms with Gasteiger partial charge in [-0.2, -0.15) is 0 Å². The molecule has 1 amide bonds. The van der Waals surface area contributed by atoms with Crippen LogP contribution in [0.1, 0.15) is 22.3 Å². The van der Waals surface area contributed by atoms with E-state index in [1.54, 1.807) is 11.9 Å². The van der Waals surface area contributed by atoms with Gasteiger partial charge in [0.1, 0.15) is 0 Å². The second-order valence-electron chi connectivity index (χ2n) is 6.09. The van der Waals surface area contributed by atoms with Crippen molar-refractivity contribution in [1.82, 2.24) is 9.71 Å². The average molecular weight is 337 g/mol. The Labute approximate surface area is 145 Å². The number of nitrogens with zero attached hydrogens (tertiary/aromatic N) is 2. The number of aryl methyl sites for hydroxylation is 1. The Bertz CT molecular complexity index is 954. The quantitative estimate of drug-likeness (QED) is 0.435. The Balaban J connectivity index is 1.85. The number of carbonyl (C=O) groups excluding carboxylic acids is 1. The summed E-state index contributed by atoms with van der Waals surface area (Å²) in [5, 5.41) is 1.96. The lowest BCUT2D eigenvalue weighted by atomic mass is 10.0. The van der Waals surface area contributed by atoms with Crippen molar-refractivity contribution in [1.29, 1.82) is 0 Å². The molecule has 1 aliphatic heterocycles. The molecule has 0 spiro atoms. The van der Waals surface area contributed by atoms with Gasteiger partial charge in [-0.25, -0.2) is 4.98 Å². The van der Waals surface area contributed by atoms with Gasteiger partial charge in [-0.05, 0) is 43.9 Å². The molecule has 4 rings (SSSR count). The summed E-state index contributed by atoms with van der Waals surface area (Å²) >= 11 is 1.61. The zero-order valence-electron chi connectivity index (χ0n) is 13.8. The van der Waals surface area contributed by atoms with E-state index in [1.807, 2.05) is 48.4 Å². The third-order valence-corrected chi connectivity index (χ3v) is 4.98. The van der Waals surface area contributed by atoms with E-state index in [9.17, 15) is 4.79 Å². The standard InChI is InChI=1S/C19H19N3OS/c1-12-7-8-14-13(11-12)17-18-15(21-14)5-3-6-16(18)22(19(17)23)10-4-9-20-24-2/h3,5-8,11,20H,4,9-10H2,1-2H3. The highest BCUT2D eigenvalue weighted by Gasteiger charge is 2.31. The maximum Gasteiger partial charge on any atom is 0.259 e. The van der Waals surface area contributed by atoms with Crippen molar-refractivity contribution in [2.24, 2.45) is 0 Å². The topological polar surface area (TPSA) is 45.2 Å². The van der Waals surface area contributed by atoms with Crippen molar-refractivity contribution < 1.29 is 4.79 Å². The highest BCUT2D eigenvalue weighted by Crippen LogP contribution is 2.40. The molecule has 122 valence electrons. The van der Waals surface area contributed by atoms with Crippen molar-refractivity contribution in [2.75, 3.05) is 24.2 Å². The van der Waals surface area contributed by atoms with Crippen LogP contribution in [0.25, 0.3) is 21.8 Å². The Kier molecular flexibility index (Phi) is 3.90. The van der Waals surface area contributed by atoms with Crippen molar-refractivity contribution in [3.05, 3.63) is 47.5 Å². The zero-order chi connectivity index (χ0) is 16.7. The van der Waals surface area contributed by atoms with Crippen molar-refractivity contribution in [2.45, 2.75) is 13.3 Å². The fourth-order valence-electron chi connectivity index (χ4n) is 3.41. The number of carbonyl (C=O) groups is 1. The average Bonchev–Trinajstić information content (AvgIpc) is 2.87. The number of amides is 1. The largest absolute Gasteiger partial charge is 0.308 e. The Morgan fingerprint density at radius 3 is 2.92 bits per heavy atom. The van der Waals surface area contributed by atoms with Crippen LogP contribution in [0.2, 0.25) is 0 Å². The normalized spacial score (nSPS) is 13.4. The first-order chi connectivity index (χ1) is 11.7. The molecule has 1 aliphatic rings. The molecular weight excluding hydrogens is 318 g/mol. The maximum atomic E-state index is 13.1. The molecule has 0 unspecified atom stereocenters. The summed E-state index contributed by atoms with van der Waals surface area (Å²) < 4.78 is 3.24. The summed E-state index contributed by atoms with van der Waals surface area (Å²) in [6.07, 6.45) is 2.93. The van der Waals surface area contributed by atoms with Gasteiger partial charge in [0, 0.05) is 23.9 Å². The third-order valence-electron chi connectivity index (χ3n) is 4.49. The van der Waals surface area contributed by atoms with E-state index in [0.717, 1.165) is 51.6 Å². The van der Waals surface area contributed by atoms with Gasteiger partial charge in [-0.15, -0.1) is 0 Å². The van der Waals surface area contributed by atoms with E-state index in [4.69, 9.17) is 4.98 Å². The van der Waals surface area contributed by atoms with Gasteiger partial charge in [0.2, 0.25) is 0 Å². The fraction of sp³-hybridized carbons (Fsp3) is 0.263. The van der Waals surface area contributed by atoms with Crippen LogP contribution >= 0.6 is 11.9 Å². The summed E-state index contributed by atoms with van der Waals surface area (Å²) in [4.78, 5) is 19.8. The van der Waals surface area contributed by atoms with Gasteiger partial charge in [0.25, 0.3) is 5.91 Å². The fourth-order valence-corrected chi connectivity index (χ4v) is 3.76. The highest BCUT2D eigenvalue weighted by atomic mass is 32.2. The second-order valence-corrected chi connectivity index (χ2v) is 6.78. The lowest BCUT2D eigenvalue weighted by Gasteiger charge is -2.17. The van der Waals surface area contributed by atoms with Crippen LogP contribution in [0.5, 0.6) is 0 Å². The molecule has 0 saturated carbocycles. The van der Waals surface area contributed by atoms with Crippen LogP contribution in [0.4, 0.5) is 5.69 Å². The van der Waals surface area contributed by atoms with E-state index in [-0.39, 0.29) is 5.91 Å². The van der Waals surface area contributed by atoms with E-state index in [2.05, 4.69) is 10.8 Å². The van der Waals surface area contributed by atoms with Crippen molar-refractivity contribution in [3.8, 4) is 0 Å². The van der Waals surface area contributed by atoms with E-state index >= 15 is 0 Å². The summed E-state index contributed by atoms with van der Waals surface area (Å²) in [5.74, 6) is 0.100. The van der Waals surface area contributed by atoms with Crippen LogP contribution in [0, 0.1) is 6.92 Å². The number of benzene rings is 2. The molecule has 0 radical (unpaired) electrons. The van der Waals surface area contributed by atoms with Crippen LogP contribution < -0.4 is 9.62 Å². The van der Waals surface area contributed by atoms with Crippen LogP contribution in [0.3, 0.4) is 0 Å². The Morgan fingerprint density at radius 2 is 2.08 bits per heavy atom. The minimum atomic E-state index is 0.100. The van der Waals surface area contributed by atoms with Gasteiger partial charge in [-0.1, -0.05) is 29.6 Å². The molecule has 0 fully saturated rings. The SMILES string of the molecule is CSNCCCN1C(=O)c2c3cc(C)ccc3nc3cccc1c23. The summed E-state index contributed by atoms with van der Waals surface area (Å²) in [5.41, 5.74) is 4.74. The molecule has 2 aromatic carbocycles. The minimum absolute atomic E-state index is 0.100. The second kappa shape index (κ2) is 6.07. The first kappa shape index (κ1) is 15.4. The van der Waals surface area contributed by atoms with Gasteiger partial charge >= 0.3 is 0 Å². The minimum Gasteiger partial charge on any atom is -0.308 e. The number of aromatic nitrogens is 1. The number of hydrogen-bond acceptors (Lipinski definition) is 4. The van der Waals surface area contributed by atoms with E-state index in [0.29, 0.717) is 6.54 Å². The molecule has 0 aliphatic carbocycles. The van der Waals surface area contributed by atoms with Crippen LogP contribution in [0.15, 0.2) is 36.4 Å². The Hall–Kier alpha value is -2.11.